The van der Waals surface area contributed by atoms with E-state index in [1.165, 1.54) is 0 Å². The van der Waals surface area contributed by atoms with Gasteiger partial charge in [-0.15, -0.1) is 0 Å². The van der Waals surface area contributed by atoms with Gasteiger partial charge in [-0.1, -0.05) is 12.7 Å². The lowest BCUT2D eigenvalue weighted by molar-refractivity contribution is 0.847. The second kappa shape index (κ2) is 7.73. The number of pyridine rings is 2. The lowest BCUT2D eigenvalue weighted by Crippen LogP contribution is -2.23. The van der Waals surface area contributed by atoms with Crippen molar-refractivity contribution < 1.29 is 0 Å². The van der Waals surface area contributed by atoms with Crippen LogP contribution >= 0.6 is 0 Å². The molecule has 0 aromatic carbocycles. The largest absolute Gasteiger partial charge is 0.336 e. The summed E-state index contributed by atoms with van der Waals surface area (Å²) in [5.74, 6) is 1.59. The first-order chi connectivity index (χ1) is 15.6. The molecule has 5 aromatic heterocycles. The van der Waals surface area contributed by atoms with Crippen molar-refractivity contribution in [2.24, 2.45) is 7.05 Å². The van der Waals surface area contributed by atoms with Crippen LogP contribution in [0, 0.1) is 6.92 Å². The molecule has 32 heavy (non-hydrogen) atoms. The van der Waals surface area contributed by atoms with E-state index in [1.807, 2.05) is 62.0 Å². The van der Waals surface area contributed by atoms with Crippen LogP contribution in [0.4, 0.5) is 0 Å². The van der Waals surface area contributed by atoms with Crippen LogP contribution in [0.15, 0.2) is 49.6 Å². The van der Waals surface area contributed by atoms with E-state index < -0.39 is 0 Å². The molecule has 0 aliphatic carbocycles. The molecule has 0 atom stereocenters. The summed E-state index contributed by atoms with van der Waals surface area (Å²) in [5, 5.41) is 9.47. The van der Waals surface area contributed by atoms with Crippen LogP contribution in [0.25, 0.3) is 51.5 Å². The number of allylic oxidation sites excluding steroid dienone is 1. The highest BCUT2D eigenvalue weighted by molar-refractivity contribution is 5.91. The van der Waals surface area contributed by atoms with Crippen molar-refractivity contribution in [1.29, 1.82) is 0 Å². The lowest BCUT2D eigenvalue weighted by atomic mass is 10.1. The summed E-state index contributed by atoms with van der Waals surface area (Å²) in [5.41, 5.74) is 5.93. The maximum Gasteiger partial charge on any atom is 0.159 e. The number of nitrogens with one attached hydrogen (secondary N) is 2. The number of hydrogen-bond acceptors (Lipinski definition) is 5. The molecule has 158 valence electrons. The fraction of sp³-hybridized carbons (Fsp3) is 0.125. The SMILES string of the molecule is C=C(/C=c1/c(-c2nc3c(-c4ccncc4)nccc3[nH]2)n[nH]/c1=C/C)c1cnc(C)n1C. The van der Waals surface area contributed by atoms with Crippen molar-refractivity contribution in [3.05, 3.63) is 71.7 Å². The summed E-state index contributed by atoms with van der Waals surface area (Å²) < 4.78 is 2.02. The van der Waals surface area contributed by atoms with Crippen molar-refractivity contribution in [1.82, 2.24) is 39.7 Å². The van der Waals surface area contributed by atoms with Crippen molar-refractivity contribution >= 4 is 28.8 Å². The molecule has 0 bridgehead atoms. The van der Waals surface area contributed by atoms with Gasteiger partial charge in [-0.25, -0.2) is 9.97 Å². The first-order valence-corrected chi connectivity index (χ1v) is 10.2. The Balaban J connectivity index is 1.68. The predicted molar refractivity (Wildman–Crippen MR) is 126 cm³/mol. The summed E-state index contributed by atoms with van der Waals surface area (Å²) in [6, 6.07) is 5.76. The number of imidazole rings is 2. The lowest BCUT2D eigenvalue weighted by Gasteiger charge is -2.02. The van der Waals surface area contributed by atoms with Gasteiger partial charge in [-0.2, -0.15) is 5.10 Å². The zero-order valence-electron chi connectivity index (χ0n) is 18.1. The Labute approximate surface area is 184 Å². The van der Waals surface area contributed by atoms with Crippen LogP contribution in [0.3, 0.4) is 0 Å². The Morgan fingerprint density at radius 1 is 1.09 bits per heavy atom. The summed E-state index contributed by atoms with van der Waals surface area (Å²) in [6.45, 7) is 8.20. The fourth-order valence-corrected chi connectivity index (χ4v) is 3.73. The van der Waals surface area contributed by atoms with Crippen molar-refractivity contribution in [3.8, 4) is 22.8 Å². The van der Waals surface area contributed by atoms with Gasteiger partial charge >= 0.3 is 0 Å². The summed E-state index contributed by atoms with van der Waals surface area (Å²) >= 11 is 0. The van der Waals surface area contributed by atoms with Crippen LogP contribution in [-0.2, 0) is 7.05 Å². The molecule has 0 unspecified atom stereocenters. The minimum Gasteiger partial charge on any atom is -0.336 e. The van der Waals surface area contributed by atoms with Crippen molar-refractivity contribution in [3.63, 3.8) is 0 Å². The zero-order valence-corrected chi connectivity index (χ0v) is 18.1. The van der Waals surface area contributed by atoms with Crippen LogP contribution in [0.1, 0.15) is 18.4 Å². The van der Waals surface area contributed by atoms with Gasteiger partial charge in [0.15, 0.2) is 5.82 Å². The highest BCUT2D eigenvalue weighted by Crippen LogP contribution is 2.26. The molecule has 5 aromatic rings. The fourth-order valence-electron chi connectivity index (χ4n) is 3.73. The van der Waals surface area contributed by atoms with Gasteiger partial charge in [-0.05, 0) is 43.7 Å². The highest BCUT2D eigenvalue weighted by Gasteiger charge is 2.15. The van der Waals surface area contributed by atoms with Crippen molar-refractivity contribution in [2.75, 3.05) is 0 Å². The molecule has 0 saturated carbocycles. The Kier molecular flexibility index (Phi) is 4.74. The van der Waals surface area contributed by atoms with E-state index in [2.05, 4.69) is 36.7 Å². The third kappa shape index (κ3) is 3.22. The molecule has 0 spiro atoms. The zero-order chi connectivity index (χ0) is 22.2. The molecule has 2 N–H and O–H groups in total. The molecule has 8 heteroatoms. The molecule has 0 aliphatic heterocycles. The number of H-pyrrole nitrogens is 2. The number of fused-ring (bicyclic) bond motifs is 1. The number of aryl methyl sites for hydroxylation is 1. The van der Waals surface area contributed by atoms with E-state index in [1.54, 1.807) is 18.6 Å². The van der Waals surface area contributed by atoms with Gasteiger partial charge in [0.2, 0.25) is 0 Å². The van der Waals surface area contributed by atoms with Gasteiger partial charge in [0, 0.05) is 36.4 Å². The molecule has 0 amide bonds. The minimum absolute atomic E-state index is 0.660. The van der Waals surface area contributed by atoms with Gasteiger partial charge in [0.1, 0.15) is 17.0 Å². The topological polar surface area (TPSA) is 101 Å². The van der Waals surface area contributed by atoms with E-state index in [4.69, 9.17) is 4.98 Å². The van der Waals surface area contributed by atoms with E-state index in [-0.39, 0.29) is 0 Å². The van der Waals surface area contributed by atoms with E-state index in [0.29, 0.717) is 5.82 Å². The normalized spacial score (nSPS) is 12.7. The van der Waals surface area contributed by atoms with E-state index in [9.17, 15) is 0 Å². The maximum atomic E-state index is 4.87. The summed E-state index contributed by atoms with van der Waals surface area (Å²) in [4.78, 5) is 21.3. The number of rotatable bonds is 4. The standard InChI is InChI=1S/C24H22N8/c1-5-18-17(12-14(2)20-13-27-15(3)32(20)4)22(31-30-18)24-28-19-8-11-26-21(23(19)29-24)16-6-9-25-10-7-16/h5-13,30H,2H2,1,3-4H3,(H,28,29)/b17-12+,18-5+. The molecule has 5 rings (SSSR count). The Morgan fingerprint density at radius 3 is 2.62 bits per heavy atom. The Bertz CT molecular complexity index is 1570. The number of aromatic nitrogens is 8. The second-order valence-electron chi connectivity index (χ2n) is 7.48. The van der Waals surface area contributed by atoms with Crippen molar-refractivity contribution in [2.45, 2.75) is 13.8 Å². The first kappa shape index (κ1) is 19.6. The predicted octanol–water partition coefficient (Wildman–Crippen LogP) is 2.75. The molecular weight excluding hydrogens is 400 g/mol. The van der Waals surface area contributed by atoms with Gasteiger partial charge in [0.05, 0.1) is 28.5 Å². The van der Waals surface area contributed by atoms with Crippen LogP contribution in [0.5, 0.6) is 0 Å². The number of aromatic amines is 2. The minimum atomic E-state index is 0.660. The van der Waals surface area contributed by atoms with Gasteiger partial charge in [0.25, 0.3) is 0 Å². The summed E-state index contributed by atoms with van der Waals surface area (Å²) in [6.07, 6.45) is 11.1. The monoisotopic (exact) mass is 422 g/mol. The summed E-state index contributed by atoms with van der Waals surface area (Å²) in [7, 11) is 1.98. The molecule has 0 aliphatic rings. The maximum absolute atomic E-state index is 4.87. The molecular formula is C24H22N8. The molecule has 8 nitrogen and oxygen atoms in total. The van der Waals surface area contributed by atoms with Crippen LogP contribution < -0.4 is 10.6 Å². The van der Waals surface area contributed by atoms with Gasteiger partial charge < -0.3 is 9.55 Å². The van der Waals surface area contributed by atoms with Crippen LogP contribution in [0.2, 0.25) is 0 Å². The highest BCUT2D eigenvalue weighted by atomic mass is 15.1. The van der Waals surface area contributed by atoms with Crippen LogP contribution in [-0.4, -0.2) is 39.7 Å². The second-order valence-corrected chi connectivity index (χ2v) is 7.48. The number of nitrogens with zero attached hydrogens (tertiary/aromatic N) is 6. The molecule has 0 fully saturated rings. The Hall–Kier alpha value is -4.33. The van der Waals surface area contributed by atoms with Gasteiger partial charge in [-0.3, -0.25) is 15.1 Å². The first-order valence-electron chi connectivity index (χ1n) is 10.2. The Morgan fingerprint density at radius 2 is 1.91 bits per heavy atom. The average Bonchev–Trinajstić information content (AvgIpc) is 3.51. The third-order valence-corrected chi connectivity index (χ3v) is 5.57. The molecule has 5 heterocycles. The third-order valence-electron chi connectivity index (χ3n) is 5.57. The molecule has 0 radical (unpaired) electrons. The smallest absolute Gasteiger partial charge is 0.159 e. The average molecular weight is 422 g/mol. The quantitative estimate of drug-likeness (QED) is 0.464. The van der Waals surface area contributed by atoms with E-state index in [0.717, 1.165) is 55.6 Å². The molecule has 0 saturated heterocycles. The van der Waals surface area contributed by atoms with E-state index >= 15 is 0 Å². The number of hydrogen-bond donors (Lipinski definition) is 2.